The number of anilines is 1. The number of nitrogens with zero attached hydrogens (tertiary/aromatic N) is 3. The van der Waals surface area contributed by atoms with Crippen LogP contribution in [0, 0.1) is 12.3 Å². The van der Waals surface area contributed by atoms with Gasteiger partial charge >= 0.3 is 0 Å². The van der Waals surface area contributed by atoms with Crippen LogP contribution in [0.4, 0.5) is 5.82 Å². The smallest absolute Gasteiger partial charge is 0.267 e. The van der Waals surface area contributed by atoms with Crippen molar-refractivity contribution in [3.05, 3.63) is 39.0 Å². The standard InChI is InChI=1S/C19H26ClN5O2/c1-11-16(13-4-7-22-18(27)15(13)20)24-14(10-26)17(23-11)25-8-5-19(3,6-9-25)12(2)21/h4,7,12,26H,5-6,8-10,21H2,1-3H3,(H,22,27). The highest BCUT2D eigenvalue weighted by Crippen LogP contribution is 2.36. The average Bonchev–Trinajstić information content (AvgIpc) is 2.64. The molecule has 1 aliphatic rings. The number of aromatic amines is 1. The molecule has 3 rings (SSSR count). The zero-order chi connectivity index (χ0) is 19.8. The zero-order valence-corrected chi connectivity index (χ0v) is 16.7. The number of aryl methyl sites for hydroxylation is 1. The number of H-pyrrole nitrogens is 1. The maximum Gasteiger partial charge on any atom is 0.267 e. The van der Waals surface area contributed by atoms with Gasteiger partial charge in [-0.05, 0) is 38.2 Å². The predicted molar refractivity (Wildman–Crippen MR) is 107 cm³/mol. The third-order valence-electron chi connectivity index (χ3n) is 5.73. The normalized spacial score (nSPS) is 17.8. The quantitative estimate of drug-likeness (QED) is 0.737. The molecule has 0 amide bonds. The highest BCUT2D eigenvalue weighted by atomic mass is 35.5. The van der Waals surface area contributed by atoms with E-state index in [1.54, 1.807) is 6.07 Å². The zero-order valence-electron chi connectivity index (χ0n) is 15.9. The number of halogens is 1. The van der Waals surface area contributed by atoms with E-state index in [0.717, 1.165) is 25.9 Å². The fourth-order valence-corrected chi connectivity index (χ4v) is 3.69. The molecule has 4 N–H and O–H groups in total. The molecule has 1 saturated heterocycles. The molecule has 2 aromatic heterocycles. The first-order valence-electron chi connectivity index (χ1n) is 9.13. The lowest BCUT2D eigenvalue weighted by atomic mass is 9.75. The van der Waals surface area contributed by atoms with Gasteiger partial charge in [0.15, 0.2) is 5.82 Å². The summed E-state index contributed by atoms with van der Waals surface area (Å²) in [7, 11) is 0. The van der Waals surface area contributed by atoms with E-state index in [2.05, 4.69) is 28.7 Å². The number of rotatable bonds is 4. The maximum absolute atomic E-state index is 11.8. The molecule has 7 nitrogen and oxygen atoms in total. The summed E-state index contributed by atoms with van der Waals surface area (Å²) in [5, 5.41) is 9.94. The van der Waals surface area contributed by atoms with E-state index in [4.69, 9.17) is 22.3 Å². The first kappa shape index (κ1) is 19.8. The van der Waals surface area contributed by atoms with Gasteiger partial charge in [-0.25, -0.2) is 9.97 Å². The third kappa shape index (κ3) is 3.72. The molecular weight excluding hydrogens is 366 g/mol. The molecule has 0 spiro atoms. The summed E-state index contributed by atoms with van der Waals surface area (Å²) in [6, 6.07) is 1.82. The molecule has 146 valence electrons. The average molecular weight is 392 g/mol. The van der Waals surface area contributed by atoms with E-state index >= 15 is 0 Å². The van der Waals surface area contributed by atoms with Crippen LogP contribution >= 0.6 is 11.6 Å². The second kappa shape index (κ2) is 7.58. The molecule has 2 aromatic rings. The predicted octanol–water partition coefficient (Wildman–Crippen LogP) is 2.24. The summed E-state index contributed by atoms with van der Waals surface area (Å²) < 4.78 is 0. The van der Waals surface area contributed by atoms with Gasteiger partial charge in [0.2, 0.25) is 0 Å². The van der Waals surface area contributed by atoms with E-state index in [-0.39, 0.29) is 28.6 Å². The Hall–Kier alpha value is -1.96. The van der Waals surface area contributed by atoms with Crippen molar-refractivity contribution in [2.24, 2.45) is 11.1 Å². The Kier molecular flexibility index (Phi) is 5.55. The summed E-state index contributed by atoms with van der Waals surface area (Å²) in [6.45, 7) is 7.49. The Balaban J connectivity index is 1.96. The number of nitrogens with two attached hydrogens (primary N) is 1. The van der Waals surface area contributed by atoms with Gasteiger partial charge < -0.3 is 20.7 Å². The van der Waals surface area contributed by atoms with Crippen LogP contribution < -0.4 is 16.2 Å². The van der Waals surface area contributed by atoms with Crippen molar-refractivity contribution in [1.82, 2.24) is 15.0 Å². The summed E-state index contributed by atoms with van der Waals surface area (Å²) in [4.78, 5) is 25.8. The number of hydrogen-bond acceptors (Lipinski definition) is 6. The molecule has 1 fully saturated rings. The van der Waals surface area contributed by atoms with Crippen molar-refractivity contribution in [3.63, 3.8) is 0 Å². The van der Waals surface area contributed by atoms with Crippen LogP contribution in [0.25, 0.3) is 11.3 Å². The third-order valence-corrected chi connectivity index (χ3v) is 6.11. The molecule has 0 bridgehead atoms. The van der Waals surface area contributed by atoms with Crippen molar-refractivity contribution in [1.29, 1.82) is 0 Å². The van der Waals surface area contributed by atoms with E-state index < -0.39 is 0 Å². The summed E-state index contributed by atoms with van der Waals surface area (Å²) >= 11 is 6.15. The van der Waals surface area contributed by atoms with E-state index in [1.807, 2.05) is 6.92 Å². The van der Waals surface area contributed by atoms with Crippen LogP contribution in [-0.2, 0) is 6.61 Å². The Labute approximate surface area is 163 Å². The molecule has 8 heteroatoms. The molecule has 27 heavy (non-hydrogen) atoms. The Morgan fingerprint density at radius 2 is 2.07 bits per heavy atom. The molecule has 0 saturated carbocycles. The van der Waals surface area contributed by atoms with Crippen LogP contribution in [0.5, 0.6) is 0 Å². The van der Waals surface area contributed by atoms with Crippen molar-refractivity contribution >= 4 is 17.4 Å². The monoisotopic (exact) mass is 391 g/mol. The minimum atomic E-state index is -0.379. The van der Waals surface area contributed by atoms with E-state index in [0.29, 0.717) is 28.5 Å². The minimum Gasteiger partial charge on any atom is -0.390 e. The van der Waals surface area contributed by atoms with Gasteiger partial charge in [-0.1, -0.05) is 18.5 Å². The van der Waals surface area contributed by atoms with E-state index in [1.165, 1.54) is 6.20 Å². The van der Waals surface area contributed by atoms with Gasteiger partial charge in [-0.2, -0.15) is 0 Å². The molecule has 0 aromatic carbocycles. The van der Waals surface area contributed by atoms with Crippen LogP contribution in [0.15, 0.2) is 17.1 Å². The van der Waals surface area contributed by atoms with Gasteiger partial charge in [0.05, 0.1) is 18.0 Å². The summed E-state index contributed by atoms with van der Waals surface area (Å²) in [6.07, 6.45) is 3.44. The van der Waals surface area contributed by atoms with Crippen LogP contribution in [0.3, 0.4) is 0 Å². The lowest BCUT2D eigenvalue weighted by Gasteiger charge is -2.42. The number of aliphatic hydroxyl groups is 1. The van der Waals surface area contributed by atoms with Gasteiger partial charge in [0.25, 0.3) is 5.56 Å². The second-order valence-corrected chi connectivity index (χ2v) is 7.93. The number of hydrogen-bond donors (Lipinski definition) is 3. The van der Waals surface area contributed by atoms with Crippen molar-refractivity contribution in [2.45, 2.75) is 46.3 Å². The lowest BCUT2D eigenvalue weighted by Crippen LogP contribution is -2.47. The number of aromatic nitrogens is 3. The largest absolute Gasteiger partial charge is 0.390 e. The molecule has 0 aliphatic carbocycles. The molecule has 1 atom stereocenters. The topological polar surface area (TPSA) is 108 Å². The number of aliphatic hydroxyl groups excluding tert-OH is 1. The Morgan fingerprint density at radius 1 is 1.41 bits per heavy atom. The van der Waals surface area contributed by atoms with Crippen LogP contribution in [-0.4, -0.2) is 39.2 Å². The Morgan fingerprint density at radius 3 is 2.67 bits per heavy atom. The highest BCUT2D eigenvalue weighted by molar-refractivity contribution is 6.33. The summed E-state index contributed by atoms with van der Waals surface area (Å²) in [5.74, 6) is 0.687. The number of pyridine rings is 1. The second-order valence-electron chi connectivity index (χ2n) is 7.55. The number of piperidine rings is 1. The van der Waals surface area contributed by atoms with Gasteiger partial charge in [-0.3, -0.25) is 4.79 Å². The SMILES string of the molecule is Cc1nc(N2CCC(C)(C(C)N)CC2)c(CO)nc1-c1cc[nH]c(=O)c1Cl. The minimum absolute atomic E-state index is 0.0669. The maximum atomic E-state index is 11.8. The van der Waals surface area contributed by atoms with Crippen molar-refractivity contribution in [2.75, 3.05) is 18.0 Å². The molecule has 1 unspecified atom stereocenters. The van der Waals surface area contributed by atoms with Crippen molar-refractivity contribution in [3.8, 4) is 11.3 Å². The Bertz CT molecular complexity index is 888. The van der Waals surface area contributed by atoms with Crippen molar-refractivity contribution < 1.29 is 5.11 Å². The molecule has 3 heterocycles. The molecule has 0 radical (unpaired) electrons. The molecule has 1 aliphatic heterocycles. The molecular formula is C19H26ClN5O2. The van der Waals surface area contributed by atoms with Gasteiger partial charge in [0, 0.05) is 30.9 Å². The fraction of sp³-hybridized carbons (Fsp3) is 0.526. The summed E-state index contributed by atoms with van der Waals surface area (Å²) in [5.41, 5.74) is 8.04. The lowest BCUT2D eigenvalue weighted by molar-refractivity contribution is 0.204. The fourth-order valence-electron chi connectivity index (χ4n) is 3.48. The van der Waals surface area contributed by atoms with E-state index in [9.17, 15) is 9.90 Å². The highest BCUT2D eigenvalue weighted by Gasteiger charge is 2.34. The van der Waals surface area contributed by atoms with Crippen LogP contribution in [0.2, 0.25) is 5.02 Å². The first-order chi connectivity index (χ1) is 12.8. The van der Waals surface area contributed by atoms with Gasteiger partial charge in [-0.15, -0.1) is 0 Å². The first-order valence-corrected chi connectivity index (χ1v) is 9.51. The van der Waals surface area contributed by atoms with Gasteiger partial charge in [0.1, 0.15) is 10.7 Å². The van der Waals surface area contributed by atoms with Crippen LogP contribution in [0.1, 0.15) is 38.1 Å². The number of nitrogens with one attached hydrogen (secondary N) is 1.